The first-order chi connectivity index (χ1) is 12.9. The highest BCUT2D eigenvalue weighted by Crippen LogP contribution is 2.51. The minimum absolute atomic E-state index is 0.0807. The molecule has 1 aliphatic carbocycles. The molecule has 0 saturated carbocycles. The van der Waals surface area contributed by atoms with E-state index in [0.717, 1.165) is 4.68 Å². The lowest BCUT2D eigenvalue weighted by molar-refractivity contribution is -0.278. The highest BCUT2D eigenvalue weighted by molar-refractivity contribution is 5.98. The minimum Gasteiger partial charge on any atom is -0.478 e. The molecule has 0 aromatic carbocycles. The third-order valence-corrected chi connectivity index (χ3v) is 5.10. The second-order valence-corrected chi connectivity index (χ2v) is 7.14. The molecule has 28 heavy (non-hydrogen) atoms. The van der Waals surface area contributed by atoms with Crippen molar-refractivity contribution in [3.05, 3.63) is 40.8 Å². The number of carbonyl (C=O) groups is 1. The van der Waals surface area contributed by atoms with Crippen molar-refractivity contribution < 1.29 is 27.9 Å². The van der Waals surface area contributed by atoms with Crippen LogP contribution in [0.25, 0.3) is 0 Å². The zero-order valence-corrected chi connectivity index (χ0v) is 15.3. The van der Waals surface area contributed by atoms with Gasteiger partial charge in [0.2, 0.25) is 0 Å². The van der Waals surface area contributed by atoms with E-state index in [4.69, 9.17) is 4.84 Å². The molecule has 0 fully saturated rings. The average Bonchev–Trinajstić information content (AvgIpc) is 3.18. The molecule has 3 rings (SSSR count). The smallest absolute Gasteiger partial charge is 0.437 e. The van der Waals surface area contributed by atoms with E-state index >= 15 is 0 Å². The van der Waals surface area contributed by atoms with Crippen LogP contribution in [0.3, 0.4) is 0 Å². The van der Waals surface area contributed by atoms with Gasteiger partial charge in [0.05, 0.1) is 34.3 Å². The zero-order chi connectivity index (χ0) is 20.9. The maximum Gasteiger partial charge on any atom is 0.437 e. The van der Waals surface area contributed by atoms with E-state index in [1.165, 1.54) is 25.3 Å². The normalized spacial score (nSPS) is 27.4. The molecule has 2 heterocycles. The van der Waals surface area contributed by atoms with Crippen LogP contribution in [0.4, 0.5) is 13.2 Å². The first kappa shape index (κ1) is 19.7. The summed E-state index contributed by atoms with van der Waals surface area (Å²) < 4.78 is 43.3. The van der Waals surface area contributed by atoms with Gasteiger partial charge in [0, 0.05) is 18.9 Å². The molecule has 1 aliphatic heterocycles. The molecule has 0 saturated heterocycles. The fraction of sp³-hybridized carbons (Fsp3) is 0.444. The third kappa shape index (κ3) is 2.87. The van der Waals surface area contributed by atoms with E-state index in [0.29, 0.717) is 5.69 Å². The van der Waals surface area contributed by atoms with Crippen LogP contribution < -0.4 is 0 Å². The molecule has 10 heteroatoms. The Hall–Kier alpha value is -3.09. The van der Waals surface area contributed by atoms with Crippen LogP contribution in [0.5, 0.6) is 0 Å². The molecule has 0 spiro atoms. The molecule has 2 atom stereocenters. The Bertz CT molecular complexity index is 983. The van der Waals surface area contributed by atoms with Crippen LogP contribution in [0.2, 0.25) is 0 Å². The number of carboxylic acids is 1. The quantitative estimate of drug-likeness (QED) is 0.849. The van der Waals surface area contributed by atoms with Gasteiger partial charge >= 0.3 is 12.1 Å². The van der Waals surface area contributed by atoms with Crippen molar-refractivity contribution in [1.29, 1.82) is 5.26 Å². The standard InChI is InChI=1S/C18H17F3N4O3/c1-10-6-14(25(3)23-10)17(18(19,20)21)8-13(24-28-17)16(2)5-4-12(15(26)27)11(7-16)9-22/h4,6-7H,5,8H2,1-3H3,(H,26,27). The van der Waals surface area contributed by atoms with Crippen molar-refractivity contribution in [2.45, 2.75) is 38.5 Å². The summed E-state index contributed by atoms with van der Waals surface area (Å²) in [4.78, 5) is 16.3. The van der Waals surface area contributed by atoms with Gasteiger partial charge in [-0.3, -0.25) is 4.68 Å². The number of allylic oxidation sites excluding steroid dienone is 2. The Morgan fingerprint density at radius 1 is 1.46 bits per heavy atom. The van der Waals surface area contributed by atoms with E-state index in [-0.39, 0.29) is 29.0 Å². The second-order valence-electron chi connectivity index (χ2n) is 7.14. The van der Waals surface area contributed by atoms with E-state index in [9.17, 15) is 28.3 Å². The number of carboxylic acid groups (broad SMARTS) is 1. The minimum atomic E-state index is -4.77. The average molecular weight is 394 g/mol. The number of nitrogens with zero attached hydrogens (tertiary/aromatic N) is 4. The van der Waals surface area contributed by atoms with Gasteiger partial charge in [-0.05, 0) is 19.4 Å². The fourth-order valence-electron chi connectivity index (χ4n) is 3.54. The number of rotatable bonds is 3. The summed E-state index contributed by atoms with van der Waals surface area (Å²) in [6.07, 6.45) is -2.60. The molecule has 7 nitrogen and oxygen atoms in total. The van der Waals surface area contributed by atoms with E-state index in [1.807, 2.05) is 0 Å². The Morgan fingerprint density at radius 3 is 2.64 bits per heavy atom. The molecule has 2 aliphatic rings. The van der Waals surface area contributed by atoms with Crippen LogP contribution >= 0.6 is 0 Å². The van der Waals surface area contributed by atoms with Crippen LogP contribution in [0.1, 0.15) is 31.2 Å². The van der Waals surface area contributed by atoms with Gasteiger partial charge in [-0.2, -0.15) is 23.5 Å². The fourth-order valence-corrected chi connectivity index (χ4v) is 3.54. The SMILES string of the molecule is Cc1cc(C2(C(F)(F)F)CC(C3(C)C=C(C#N)C(C(=O)O)=CC3)=NO2)n(C)n1. The summed E-state index contributed by atoms with van der Waals surface area (Å²) in [7, 11) is 1.40. The summed E-state index contributed by atoms with van der Waals surface area (Å²) in [5.74, 6) is -1.27. The van der Waals surface area contributed by atoms with Crippen molar-refractivity contribution in [1.82, 2.24) is 9.78 Å². The Morgan fingerprint density at radius 2 is 2.14 bits per heavy atom. The van der Waals surface area contributed by atoms with E-state index in [1.54, 1.807) is 19.9 Å². The molecule has 1 aromatic rings. The van der Waals surface area contributed by atoms with Gasteiger partial charge in [-0.25, -0.2) is 4.79 Å². The predicted molar refractivity (Wildman–Crippen MR) is 91.0 cm³/mol. The highest BCUT2D eigenvalue weighted by Gasteiger charge is 2.65. The first-order valence-electron chi connectivity index (χ1n) is 8.34. The van der Waals surface area contributed by atoms with Crippen LogP contribution in [-0.4, -0.2) is 32.7 Å². The summed E-state index contributed by atoms with van der Waals surface area (Å²) >= 11 is 0. The molecular formula is C18H17F3N4O3. The van der Waals surface area contributed by atoms with Gasteiger partial charge in [0.15, 0.2) is 0 Å². The van der Waals surface area contributed by atoms with Crippen LogP contribution in [0.15, 0.2) is 34.5 Å². The van der Waals surface area contributed by atoms with Gasteiger partial charge < -0.3 is 9.94 Å². The monoisotopic (exact) mass is 394 g/mol. The van der Waals surface area contributed by atoms with Crippen LogP contribution in [-0.2, 0) is 22.3 Å². The van der Waals surface area contributed by atoms with E-state index in [2.05, 4.69) is 10.3 Å². The van der Waals surface area contributed by atoms with Crippen molar-refractivity contribution >= 4 is 11.7 Å². The number of aryl methyl sites for hydroxylation is 2. The lowest BCUT2D eigenvalue weighted by atomic mass is 9.72. The maximum atomic E-state index is 14.1. The van der Waals surface area contributed by atoms with Crippen molar-refractivity contribution in [2.75, 3.05) is 0 Å². The Kier molecular flexibility index (Phi) is 4.37. The third-order valence-electron chi connectivity index (χ3n) is 5.10. The summed E-state index contributed by atoms with van der Waals surface area (Å²) in [5.41, 5.74) is -3.76. The number of oxime groups is 1. The number of aliphatic carboxylic acids is 1. The second kappa shape index (κ2) is 6.22. The summed E-state index contributed by atoms with van der Waals surface area (Å²) in [6, 6.07) is 3.09. The molecule has 0 amide bonds. The largest absolute Gasteiger partial charge is 0.478 e. The molecule has 148 valence electrons. The molecule has 2 unspecified atom stereocenters. The van der Waals surface area contributed by atoms with Gasteiger partial charge in [-0.1, -0.05) is 24.2 Å². The van der Waals surface area contributed by atoms with Gasteiger partial charge in [0.25, 0.3) is 5.60 Å². The topological polar surface area (TPSA) is 101 Å². The number of nitriles is 1. The zero-order valence-electron chi connectivity index (χ0n) is 15.3. The van der Waals surface area contributed by atoms with Crippen molar-refractivity contribution in [3.63, 3.8) is 0 Å². The lowest BCUT2D eigenvalue weighted by Gasteiger charge is -2.31. The highest BCUT2D eigenvalue weighted by atomic mass is 19.4. The Balaban J connectivity index is 2.01. The summed E-state index contributed by atoms with van der Waals surface area (Å²) in [5, 5.41) is 26.1. The molecule has 0 radical (unpaired) electrons. The molecule has 0 bridgehead atoms. The Labute approximate surface area is 158 Å². The maximum absolute atomic E-state index is 14.1. The predicted octanol–water partition coefficient (Wildman–Crippen LogP) is 3.13. The molecule has 1 aromatic heterocycles. The van der Waals surface area contributed by atoms with Gasteiger partial charge in [-0.15, -0.1) is 0 Å². The number of hydrogen-bond acceptors (Lipinski definition) is 5. The van der Waals surface area contributed by atoms with E-state index < -0.39 is 29.6 Å². The number of hydrogen-bond donors (Lipinski definition) is 1. The van der Waals surface area contributed by atoms with Gasteiger partial charge in [0.1, 0.15) is 0 Å². The molecular weight excluding hydrogens is 377 g/mol. The molecule has 1 N–H and O–H groups in total. The number of alkyl halides is 3. The van der Waals surface area contributed by atoms with Crippen LogP contribution in [0, 0.1) is 23.7 Å². The summed E-state index contributed by atoms with van der Waals surface area (Å²) in [6.45, 7) is 3.18. The number of halogens is 3. The van der Waals surface area contributed by atoms with Crippen molar-refractivity contribution in [2.24, 2.45) is 17.6 Å². The first-order valence-corrected chi connectivity index (χ1v) is 8.34. The lowest BCUT2D eigenvalue weighted by Crippen LogP contribution is -2.45. The number of aromatic nitrogens is 2. The van der Waals surface area contributed by atoms with Crippen molar-refractivity contribution in [3.8, 4) is 6.07 Å².